The van der Waals surface area contributed by atoms with Gasteiger partial charge in [0.1, 0.15) is 24.1 Å². The average molecular weight is 320 g/mol. The first-order chi connectivity index (χ1) is 9.46. The minimum atomic E-state index is -1.65. The fourth-order valence-electron chi connectivity index (χ4n) is 2.16. The van der Waals surface area contributed by atoms with Crippen molar-refractivity contribution in [1.82, 2.24) is 19.5 Å². The number of nitrogens with two attached hydrogens (primary N) is 1. The second-order valence-corrected chi connectivity index (χ2v) is 5.86. The van der Waals surface area contributed by atoms with E-state index in [1.807, 2.05) is 0 Å². The Bertz CT molecular complexity index is 649. The number of aromatic nitrogens is 4. The summed E-state index contributed by atoms with van der Waals surface area (Å²) in [7, 11) is 0. The number of halogens is 2. The number of alkyl halides is 2. The zero-order valence-corrected chi connectivity index (χ0v) is 11.5. The van der Waals surface area contributed by atoms with Gasteiger partial charge in [0.15, 0.2) is 22.0 Å². The predicted octanol–water partition coefficient (Wildman–Crippen LogP) is -0.167. The number of hydrogen-bond acceptors (Lipinski definition) is 7. The highest BCUT2D eigenvalue weighted by atomic mass is 35.5. The zero-order chi connectivity index (χ0) is 14.5. The van der Waals surface area contributed by atoms with Gasteiger partial charge in [-0.3, -0.25) is 4.57 Å². The van der Waals surface area contributed by atoms with Crippen molar-refractivity contribution in [2.45, 2.75) is 22.8 Å². The molecule has 3 heterocycles. The van der Waals surface area contributed by atoms with E-state index in [9.17, 15) is 5.11 Å². The lowest BCUT2D eigenvalue weighted by Gasteiger charge is -2.23. The van der Waals surface area contributed by atoms with Gasteiger partial charge in [0, 0.05) is 0 Å². The van der Waals surface area contributed by atoms with Crippen LogP contribution in [-0.2, 0) is 4.74 Å². The summed E-state index contributed by atoms with van der Waals surface area (Å²) in [5.74, 6) is 0.209. The molecule has 10 heteroatoms. The highest BCUT2D eigenvalue weighted by Crippen LogP contribution is 2.47. The number of fused-ring (bicyclic) bond motifs is 1. The van der Waals surface area contributed by atoms with Gasteiger partial charge in [0.05, 0.1) is 12.9 Å². The van der Waals surface area contributed by atoms with Crippen molar-refractivity contribution >= 4 is 40.2 Å². The number of ether oxygens (including phenoxy) is 1. The Labute approximate surface area is 123 Å². The van der Waals surface area contributed by atoms with Crippen LogP contribution in [0, 0.1) is 0 Å². The van der Waals surface area contributed by atoms with E-state index in [-0.39, 0.29) is 5.82 Å². The van der Waals surface area contributed by atoms with Gasteiger partial charge in [-0.2, -0.15) is 0 Å². The first-order valence-corrected chi connectivity index (χ1v) is 6.47. The van der Waals surface area contributed by atoms with Gasteiger partial charge < -0.3 is 20.7 Å². The molecule has 8 nitrogen and oxygen atoms in total. The third-order valence-corrected chi connectivity index (χ3v) is 4.02. The summed E-state index contributed by atoms with van der Waals surface area (Å²) in [5.41, 5.74) is 6.44. The number of imidazole rings is 1. The van der Waals surface area contributed by atoms with Crippen molar-refractivity contribution in [3.63, 3.8) is 0 Å². The predicted molar refractivity (Wildman–Crippen MR) is 71.2 cm³/mol. The Morgan fingerprint density at radius 2 is 2.15 bits per heavy atom. The highest BCUT2D eigenvalue weighted by molar-refractivity contribution is 6.49. The van der Waals surface area contributed by atoms with Crippen molar-refractivity contribution in [3.05, 3.63) is 12.7 Å². The third-order valence-electron chi connectivity index (χ3n) is 3.20. The van der Waals surface area contributed by atoms with Gasteiger partial charge >= 0.3 is 0 Å². The summed E-state index contributed by atoms with van der Waals surface area (Å²) in [4.78, 5) is 12.0. The SMILES string of the molecule is Nc1ncnc2c1ncn2[C@@H]1O[C@H](CO)[C@@H](O)C1(Cl)Cl. The Morgan fingerprint density at radius 1 is 1.40 bits per heavy atom. The van der Waals surface area contributed by atoms with Crippen molar-refractivity contribution in [2.75, 3.05) is 12.3 Å². The smallest absolute Gasteiger partial charge is 0.191 e. The van der Waals surface area contributed by atoms with E-state index in [1.165, 1.54) is 17.2 Å². The number of nitrogen functional groups attached to an aromatic ring is 1. The summed E-state index contributed by atoms with van der Waals surface area (Å²) in [5, 5.41) is 19.1. The van der Waals surface area contributed by atoms with Crippen LogP contribution in [0.2, 0.25) is 0 Å². The zero-order valence-electron chi connectivity index (χ0n) is 10.0. The fraction of sp³-hybridized carbons (Fsp3) is 0.500. The summed E-state index contributed by atoms with van der Waals surface area (Å²) in [6.45, 7) is -0.414. The molecule has 1 fully saturated rings. The Hall–Kier alpha value is -1.19. The van der Waals surface area contributed by atoms with Gasteiger partial charge in [-0.05, 0) is 0 Å². The van der Waals surface area contributed by atoms with E-state index in [1.54, 1.807) is 0 Å². The molecule has 0 saturated carbocycles. The van der Waals surface area contributed by atoms with Crippen molar-refractivity contribution < 1.29 is 14.9 Å². The van der Waals surface area contributed by atoms with Gasteiger partial charge in [0.2, 0.25) is 0 Å². The van der Waals surface area contributed by atoms with Crippen molar-refractivity contribution in [1.29, 1.82) is 0 Å². The first-order valence-electron chi connectivity index (χ1n) is 5.72. The highest BCUT2D eigenvalue weighted by Gasteiger charge is 2.55. The van der Waals surface area contributed by atoms with Crippen LogP contribution in [0.15, 0.2) is 12.7 Å². The van der Waals surface area contributed by atoms with Gasteiger partial charge in [-0.15, -0.1) is 0 Å². The van der Waals surface area contributed by atoms with Crippen LogP contribution in [-0.4, -0.2) is 52.9 Å². The molecule has 0 amide bonds. The molecule has 3 rings (SSSR count). The number of aliphatic hydroxyl groups is 2. The second-order valence-electron chi connectivity index (χ2n) is 4.41. The maximum Gasteiger partial charge on any atom is 0.191 e. The average Bonchev–Trinajstić information content (AvgIpc) is 2.92. The topological polar surface area (TPSA) is 119 Å². The minimum absolute atomic E-state index is 0.209. The standard InChI is InChI=1S/C10H11Cl2N5O3/c11-10(12)6(19)4(1-18)20-9(10)17-3-16-5-7(13)14-2-15-8(5)17/h2-4,6,9,18-19H,1H2,(H2,13,14,15)/t4-,6-,9-/m1/s1. The number of aliphatic hydroxyl groups excluding tert-OH is 2. The van der Waals surface area contributed by atoms with E-state index in [0.29, 0.717) is 11.2 Å². The molecule has 2 aromatic heterocycles. The van der Waals surface area contributed by atoms with Crippen LogP contribution in [0.5, 0.6) is 0 Å². The molecule has 0 unspecified atom stereocenters. The molecule has 1 aliphatic heterocycles. The van der Waals surface area contributed by atoms with E-state index in [2.05, 4.69) is 15.0 Å². The Balaban J connectivity index is 2.10. The number of rotatable bonds is 2. The van der Waals surface area contributed by atoms with Crippen molar-refractivity contribution in [3.8, 4) is 0 Å². The minimum Gasteiger partial charge on any atom is -0.394 e. The second kappa shape index (κ2) is 4.68. The molecule has 0 aromatic carbocycles. The molecule has 108 valence electrons. The first kappa shape index (κ1) is 13.8. The number of nitrogens with zero attached hydrogens (tertiary/aromatic N) is 4. The molecule has 2 aromatic rings. The fourth-order valence-corrected chi connectivity index (χ4v) is 2.75. The van der Waals surface area contributed by atoms with Crippen LogP contribution in [0.1, 0.15) is 6.23 Å². The monoisotopic (exact) mass is 319 g/mol. The van der Waals surface area contributed by atoms with Crippen LogP contribution < -0.4 is 5.73 Å². The van der Waals surface area contributed by atoms with Crippen LogP contribution >= 0.6 is 23.2 Å². The van der Waals surface area contributed by atoms with E-state index in [0.717, 1.165) is 0 Å². The lowest BCUT2D eigenvalue weighted by molar-refractivity contribution is -0.0434. The lowest BCUT2D eigenvalue weighted by Crippen LogP contribution is -2.37. The lowest BCUT2D eigenvalue weighted by atomic mass is 10.2. The van der Waals surface area contributed by atoms with Crippen molar-refractivity contribution in [2.24, 2.45) is 0 Å². The summed E-state index contributed by atoms with van der Waals surface area (Å²) in [6, 6.07) is 0. The molecule has 3 atom stereocenters. The summed E-state index contributed by atoms with van der Waals surface area (Å²) >= 11 is 12.3. The maximum atomic E-state index is 9.97. The summed E-state index contributed by atoms with van der Waals surface area (Å²) < 4.78 is 5.29. The van der Waals surface area contributed by atoms with E-state index < -0.39 is 29.4 Å². The third kappa shape index (κ3) is 1.84. The molecule has 0 spiro atoms. The van der Waals surface area contributed by atoms with E-state index >= 15 is 0 Å². The molecular formula is C10H11Cl2N5O3. The quantitative estimate of drug-likeness (QED) is 0.657. The molecule has 0 bridgehead atoms. The Kier molecular flexibility index (Phi) is 3.22. The van der Waals surface area contributed by atoms with Crippen LogP contribution in [0.4, 0.5) is 5.82 Å². The normalized spacial score (nSPS) is 29.1. The van der Waals surface area contributed by atoms with Crippen LogP contribution in [0.3, 0.4) is 0 Å². The number of anilines is 1. The largest absolute Gasteiger partial charge is 0.394 e. The molecule has 4 N–H and O–H groups in total. The van der Waals surface area contributed by atoms with Crippen LogP contribution in [0.25, 0.3) is 11.2 Å². The molecule has 1 saturated heterocycles. The molecule has 20 heavy (non-hydrogen) atoms. The Morgan fingerprint density at radius 3 is 2.80 bits per heavy atom. The molecule has 0 radical (unpaired) electrons. The molecular weight excluding hydrogens is 309 g/mol. The van der Waals surface area contributed by atoms with Gasteiger partial charge in [-0.1, -0.05) is 23.2 Å². The molecule has 1 aliphatic rings. The number of hydrogen-bond donors (Lipinski definition) is 3. The summed E-state index contributed by atoms with van der Waals surface area (Å²) in [6.07, 6.45) is -0.442. The van der Waals surface area contributed by atoms with E-state index in [4.69, 9.17) is 38.8 Å². The molecule has 0 aliphatic carbocycles. The van der Waals surface area contributed by atoms with Gasteiger partial charge in [0.25, 0.3) is 0 Å². The maximum absolute atomic E-state index is 9.97. The van der Waals surface area contributed by atoms with Gasteiger partial charge in [-0.25, -0.2) is 15.0 Å².